The Morgan fingerprint density at radius 3 is 2.65 bits per heavy atom. The molecule has 1 aromatic heterocycles. The van der Waals surface area contributed by atoms with E-state index in [1.54, 1.807) is 43.5 Å². The molecule has 3 aromatic carbocycles. The van der Waals surface area contributed by atoms with Gasteiger partial charge in [0.15, 0.2) is 11.6 Å². The van der Waals surface area contributed by atoms with Crippen molar-refractivity contribution in [1.29, 1.82) is 0 Å². The minimum atomic E-state index is -0.621. The molecule has 0 amide bonds. The summed E-state index contributed by atoms with van der Waals surface area (Å²) in [6, 6.07) is 15.2. The first-order valence-corrected chi connectivity index (χ1v) is 10.6. The number of hydrogen-bond donors (Lipinski definition) is 0. The Labute approximate surface area is 195 Å². The van der Waals surface area contributed by atoms with Crippen LogP contribution in [0.1, 0.15) is 11.5 Å². The molecule has 0 spiro atoms. The van der Waals surface area contributed by atoms with Crippen molar-refractivity contribution >= 4 is 39.1 Å². The molecule has 9 heteroatoms. The molecule has 0 unspecified atom stereocenters. The summed E-state index contributed by atoms with van der Waals surface area (Å²) in [7, 11) is 1.57. The van der Waals surface area contributed by atoms with Gasteiger partial charge in [-0.25, -0.2) is 4.39 Å². The van der Waals surface area contributed by atoms with E-state index < -0.39 is 5.82 Å². The van der Waals surface area contributed by atoms with Gasteiger partial charge in [0.25, 0.3) is 0 Å². The molecule has 5 nitrogen and oxygen atoms in total. The molecule has 0 saturated heterocycles. The highest BCUT2D eigenvalue weighted by Gasteiger charge is 2.18. The van der Waals surface area contributed by atoms with Gasteiger partial charge in [-0.15, -0.1) is 10.2 Å². The van der Waals surface area contributed by atoms with Crippen LogP contribution in [0.3, 0.4) is 0 Å². The van der Waals surface area contributed by atoms with Crippen LogP contribution in [0.4, 0.5) is 4.39 Å². The second-order valence-corrected chi connectivity index (χ2v) is 8.23. The van der Waals surface area contributed by atoms with Crippen molar-refractivity contribution in [3.05, 3.63) is 86.4 Å². The van der Waals surface area contributed by atoms with Gasteiger partial charge in [-0.2, -0.15) is 0 Å². The molecule has 31 heavy (non-hydrogen) atoms. The van der Waals surface area contributed by atoms with Crippen molar-refractivity contribution in [3.63, 3.8) is 0 Å². The molecule has 0 aliphatic rings. The standard InChI is InChI=1S/C22H14BrCl2FN2O3/c1-29-16-4-2-3-13(7-16)22-28-27-19(31-22)8-12-5-6-18(25)21(20(12)26)30-17-10-14(23)9-15(24)11-17/h2-7,9-11H,8H2,1H3. The summed E-state index contributed by atoms with van der Waals surface area (Å²) in [6.45, 7) is 0. The van der Waals surface area contributed by atoms with Gasteiger partial charge in [0, 0.05) is 20.6 Å². The summed E-state index contributed by atoms with van der Waals surface area (Å²) in [5, 5.41) is 8.63. The molecule has 158 valence electrons. The zero-order valence-electron chi connectivity index (χ0n) is 16.0. The molecule has 4 aromatic rings. The number of nitrogens with zero attached hydrogens (tertiary/aromatic N) is 2. The van der Waals surface area contributed by atoms with Crippen LogP contribution in [-0.4, -0.2) is 17.3 Å². The lowest BCUT2D eigenvalue weighted by molar-refractivity contribution is 0.414. The highest BCUT2D eigenvalue weighted by atomic mass is 79.9. The molecular weight excluding hydrogens is 510 g/mol. The van der Waals surface area contributed by atoms with E-state index in [1.807, 2.05) is 18.2 Å². The molecule has 0 fully saturated rings. The maximum atomic E-state index is 15.2. The van der Waals surface area contributed by atoms with Crippen LogP contribution in [0, 0.1) is 5.82 Å². The Bertz CT molecular complexity index is 1230. The Hall–Kier alpha value is -2.61. The fraction of sp³-hybridized carbons (Fsp3) is 0.0909. The number of rotatable bonds is 6. The van der Waals surface area contributed by atoms with Crippen molar-refractivity contribution < 1.29 is 18.3 Å². The summed E-state index contributed by atoms with van der Waals surface area (Å²) in [6.07, 6.45) is 0.0651. The van der Waals surface area contributed by atoms with E-state index in [9.17, 15) is 0 Å². The van der Waals surface area contributed by atoms with Crippen molar-refractivity contribution in [2.75, 3.05) is 7.11 Å². The second kappa shape index (κ2) is 9.26. The van der Waals surface area contributed by atoms with Crippen LogP contribution in [0.25, 0.3) is 11.5 Å². The fourth-order valence-corrected chi connectivity index (χ4v) is 3.88. The SMILES string of the molecule is COc1cccc(-c2nnc(Cc3ccc(Cl)c(Oc4cc(Cl)cc(Br)c4)c3F)o2)c1. The van der Waals surface area contributed by atoms with Crippen LogP contribution in [0.5, 0.6) is 17.2 Å². The van der Waals surface area contributed by atoms with E-state index in [2.05, 4.69) is 26.1 Å². The summed E-state index contributed by atoms with van der Waals surface area (Å²) >= 11 is 15.5. The Morgan fingerprint density at radius 1 is 1.03 bits per heavy atom. The van der Waals surface area contributed by atoms with Crippen molar-refractivity contribution in [2.45, 2.75) is 6.42 Å². The summed E-state index contributed by atoms with van der Waals surface area (Å²) < 4.78 is 32.5. The Balaban J connectivity index is 1.60. The maximum Gasteiger partial charge on any atom is 0.247 e. The largest absolute Gasteiger partial charge is 0.497 e. The Kier molecular flexibility index (Phi) is 6.46. The molecule has 4 rings (SSSR count). The Morgan fingerprint density at radius 2 is 1.87 bits per heavy atom. The summed E-state index contributed by atoms with van der Waals surface area (Å²) in [4.78, 5) is 0. The van der Waals surface area contributed by atoms with Gasteiger partial charge in [-0.05, 0) is 42.5 Å². The van der Waals surface area contributed by atoms with Crippen LogP contribution >= 0.6 is 39.1 Å². The smallest absolute Gasteiger partial charge is 0.247 e. The van der Waals surface area contributed by atoms with Gasteiger partial charge >= 0.3 is 0 Å². The number of methoxy groups -OCH3 is 1. The third-order valence-electron chi connectivity index (χ3n) is 4.31. The lowest BCUT2D eigenvalue weighted by atomic mass is 10.1. The van der Waals surface area contributed by atoms with Gasteiger partial charge in [-0.3, -0.25) is 0 Å². The molecular formula is C22H14BrCl2FN2O3. The molecule has 0 radical (unpaired) electrons. The molecule has 0 N–H and O–H groups in total. The van der Waals surface area contributed by atoms with E-state index in [0.29, 0.717) is 38.0 Å². The fourth-order valence-electron chi connectivity index (χ4n) is 2.87. The zero-order valence-corrected chi connectivity index (χ0v) is 19.1. The number of aromatic nitrogens is 2. The van der Waals surface area contributed by atoms with Crippen molar-refractivity contribution in [3.8, 4) is 28.7 Å². The number of ether oxygens (including phenoxy) is 2. The minimum Gasteiger partial charge on any atom is -0.497 e. The number of halogens is 4. The summed E-state index contributed by atoms with van der Waals surface area (Å²) in [5.41, 5.74) is 0.992. The topological polar surface area (TPSA) is 57.4 Å². The van der Waals surface area contributed by atoms with Gasteiger partial charge in [0.2, 0.25) is 11.8 Å². The quantitative estimate of drug-likeness (QED) is 0.264. The van der Waals surface area contributed by atoms with Gasteiger partial charge in [-0.1, -0.05) is 51.3 Å². The first-order valence-electron chi connectivity index (χ1n) is 9.00. The van der Waals surface area contributed by atoms with E-state index in [1.165, 1.54) is 0 Å². The number of benzene rings is 3. The van der Waals surface area contributed by atoms with Crippen molar-refractivity contribution in [2.24, 2.45) is 0 Å². The third-order valence-corrected chi connectivity index (χ3v) is 5.28. The van der Waals surface area contributed by atoms with Crippen LogP contribution in [-0.2, 0) is 6.42 Å². The zero-order chi connectivity index (χ0) is 22.0. The normalized spacial score (nSPS) is 10.9. The molecule has 0 bridgehead atoms. The van der Waals surface area contributed by atoms with E-state index in [0.717, 1.165) is 0 Å². The van der Waals surface area contributed by atoms with Gasteiger partial charge in [0.05, 0.1) is 18.6 Å². The minimum absolute atomic E-state index is 0.0651. The van der Waals surface area contributed by atoms with E-state index in [4.69, 9.17) is 37.1 Å². The lowest BCUT2D eigenvalue weighted by Gasteiger charge is -2.12. The molecule has 1 heterocycles. The molecule has 0 aliphatic carbocycles. The first-order chi connectivity index (χ1) is 14.9. The highest BCUT2D eigenvalue weighted by molar-refractivity contribution is 9.10. The summed E-state index contributed by atoms with van der Waals surface area (Å²) in [5.74, 6) is 0.829. The monoisotopic (exact) mass is 522 g/mol. The van der Waals surface area contributed by atoms with Crippen LogP contribution in [0.15, 0.2) is 63.5 Å². The van der Waals surface area contributed by atoms with E-state index >= 15 is 4.39 Å². The molecule has 0 aliphatic heterocycles. The highest BCUT2D eigenvalue weighted by Crippen LogP contribution is 2.36. The van der Waals surface area contributed by atoms with Crippen molar-refractivity contribution in [1.82, 2.24) is 10.2 Å². The molecule has 0 atom stereocenters. The van der Waals surface area contributed by atoms with Gasteiger partial charge in [0.1, 0.15) is 11.5 Å². The lowest BCUT2D eigenvalue weighted by Crippen LogP contribution is -1.98. The predicted octanol–water partition coefficient (Wildman–Crippen LogP) is 7.34. The average molecular weight is 524 g/mol. The third kappa shape index (κ3) is 5.01. The van der Waals surface area contributed by atoms with Gasteiger partial charge < -0.3 is 13.9 Å². The number of hydrogen-bond acceptors (Lipinski definition) is 5. The predicted molar refractivity (Wildman–Crippen MR) is 120 cm³/mol. The first kappa shape index (κ1) is 21.6. The maximum absolute atomic E-state index is 15.2. The van der Waals surface area contributed by atoms with Crippen LogP contribution in [0.2, 0.25) is 10.0 Å². The average Bonchev–Trinajstić information content (AvgIpc) is 3.21. The van der Waals surface area contributed by atoms with E-state index in [-0.39, 0.29) is 23.1 Å². The molecule has 0 saturated carbocycles. The second-order valence-electron chi connectivity index (χ2n) is 6.47. The van der Waals surface area contributed by atoms with Crippen LogP contribution < -0.4 is 9.47 Å².